The molecule has 0 fully saturated rings. The van der Waals surface area contributed by atoms with E-state index in [2.05, 4.69) is 0 Å². The van der Waals surface area contributed by atoms with Gasteiger partial charge in [0.15, 0.2) is 0 Å². The van der Waals surface area contributed by atoms with Gasteiger partial charge in [-0.3, -0.25) is 9.59 Å². The minimum Gasteiger partial charge on any atom is -0.466 e. The molecule has 16 heavy (non-hydrogen) atoms. The number of carbonyl (C=O) groups is 2. The predicted octanol–water partition coefficient (Wildman–Crippen LogP) is 1.00. The summed E-state index contributed by atoms with van der Waals surface area (Å²) < 4.78 is 9.54. The van der Waals surface area contributed by atoms with Gasteiger partial charge in [-0.1, -0.05) is 6.42 Å². The Morgan fingerprint density at radius 1 is 1.12 bits per heavy atom. The van der Waals surface area contributed by atoms with Crippen LogP contribution in [0.15, 0.2) is 0 Å². The average molecular weight is 231 g/mol. The van der Waals surface area contributed by atoms with Crippen LogP contribution in [0.3, 0.4) is 0 Å². The van der Waals surface area contributed by atoms with Gasteiger partial charge in [-0.15, -0.1) is 0 Å². The molecule has 0 amide bonds. The van der Waals surface area contributed by atoms with Gasteiger partial charge in [-0.2, -0.15) is 0 Å². The maximum absolute atomic E-state index is 11.1. The van der Waals surface area contributed by atoms with Crippen LogP contribution in [0.2, 0.25) is 0 Å². The summed E-state index contributed by atoms with van der Waals surface area (Å²) >= 11 is 0. The van der Waals surface area contributed by atoms with E-state index in [4.69, 9.17) is 15.2 Å². The topological polar surface area (TPSA) is 78.6 Å². The van der Waals surface area contributed by atoms with Crippen molar-refractivity contribution in [1.82, 2.24) is 0 Å². The highest BCUT2D eigenvalue weighted by Gasteiger charge is 2.13. The summed E-state index contributed by atoms with van der Waals surface area (Å²) in [7, 11) is 0. The van der Waals surface area contributed by atoms with Crippen LogP contribution >= 0.6 is 0 Å². The molecule has 0 aromatic heterocycles. The van der Waals surface area contributed by atoms with Crippen LogP contribution in [0.25, 0.3) is 0 Å². The maximum Gasteiger partial charge on any atom is 0.322 e. The summed E-state index contributed by atoms with van der Waals surface area (Å²) in [6.07, 6.45) is 2.33. The first-order valence-electron chi connectivity index (χ1n) is 5.69. The molecular weight excluding hydrogens is 210 g/mol. The number of esters is 2. The Hall–Kier alpha value is -1.10. The van der Waals surface area contributed by atoms with Crippen LogP contribution in [0, 0.1) is 0 Å². The van der Waals surface area contributed by atoms with Gasteiger partial charge < -0.3 is 15.2 Å². The molecule has 0 heterocycles. The van der Waals surface area contributed by atoms with Gasteiger partial charge in [-0.25, -0.2) is 0 Å². The van der Waals surface area contributed by atoms with Crippen molar-refractivity contribution in [2.45, 2.75) is 45.6 Å². The first kappa shape index (κ1) is 14.9. The monoisotopic (exact) mass is 231 g/mol. The molecule has 5 heteroatoms. The Morgan fingerprint density at radius 3 is 2.31 bits per heavy atom. The van der Waals surface area contributed by atoms with Crippen molar-refractivity contribution in [3.05, 3.63) is 0 Å². The van der Waals surface area contributed by atoms with Crippen LogP contribution in [0.1, 0.15) is 39.5 Å². The van der Waals surface area contributed by atoms with Crippen LogP contribution in [-0.4, -0.2) is 31.2 Å². The molecule has 0 saturated carbocycles. The van der Waals surface area contributed by atoms with Crippen LogP contribution in [0.5, 0.6) is 0 Å². The highest BCUT2D eigenvalue weighted by atomic mass is 16.5. The van der Waals surface area contributed by atoms with Gasteiger partial charge in [0.25, 0.3) is 0 Å². The summed E-state index contributed by atoms with van der Waals surface area (Å²) in [5, 5.41) is 0. The average Bonchev–Trinajstić information content (AvgIpc) is 2.24. The fraction of sp³-hybridized carbons (Fsp3) is 0.818. The highest BCUT2D eigenvalue weighted by Crippen LogP contribution is 2.04. The molecule has 0 aromatic carbocycles. The standard InChI is InChI=1S/C11H21NO4/c1-3-15-10(13)8-6-5-7-9(12)11(14)16-4-2/h9H,3-8,12H2,1-2H3/t9-/m1/s1. The molecule has 0 bridgehead atoms. The largest absolute Gasteiger partial charge is 0.466 e. The highest BCUT2D eigenvalue weighted by molar-refractivity contribution is 5.75. The van der Waals surface area contributed by atoms with Crippen LogP contribution in [-0.2, 0) is 19.1 Å². The molecule has 0 aliphatic carbocycles. The van der Waals surface area contributed by atoms with Crippen molar-refractivity contribution < 1.29 is 19.1 Å². The molecule has 0 aromatic rings. The lowest BCUT2D eigenvalue weighted by Gasteiger charge is -2.09. The Morgan fingerprint density at radius 2 is 1.75 bits per heavy atom. The summed E-state index contributed by atoms with van der Waals surface area (Å²) in [5.74, 6) is -0.578. The van der Waals surface area contributed by atoms with Crippen molar-refractivity contribution in [1.29, 1.82) is 0 Å². The summed E-state index contributed by atoms with van der Waals surface area (Å²) in [6, 6.07) is -0.581. The Labute approximate surface area is 96.3 Å². The number of hydrogen-bond donors (Lipinski definition) is 1. The van der Waals surface area contributed by atoms with E-state index < -0.39 is 6.04 Å². The lowest BCUT2D eigenvalue weighted by atomic mass is 10.1. The van der Waals surface area contributed by atoms with E-state index in [0.717, 1.165) is 6.42 Å². The van der Waals surface area contributed by atoms with Crippen molar-refractivity contribution in [3.8, 4) is 0 Å². The molecule has 0 rings (SSSR count). The number of hydrogen-bond acceptors (Lipinski definition) is 5. The molecule has 1 atom stereocenters. The molecule has 0 saturated heterocycles. The normalized spacial score (nSPS) is 11.9. The summed E-state index contributed by atoms with van der Waals surface area (Å²) in [4.78, 5) is 22.1. The van der Waals surface area contributed by atoms with E-state index in [0.29, 0.717) is 32.5 Å². The van der Waals surface area contributed by atoms with E-state index in [1.54, 1.807) is 13.8 Å². The molecule has 0 unspecified atom stereocenters. The van der Waals surface area contributed by atoms with Gasteiger partial charge in [0.05, 0.1) is 13.2 Å². The van der Waals surface area contributed by atoms with Crippen LogP contribution < -0.4 is 5.73 Å². The van der Waals surface area contributed by atoms with Gasteiger partial charge >= 0.3 is 11.9 Å². The molecule has 5 nitrogen and oxygen atoms in total. The van der Waals surface area contributed by atoms with Crippen LogP contribution in [0.4, 0.5) is 0 Å². The molecule has 0 aliphatic rings. The lowest BCUT2D eigenvalue weighted by Crippen LogP contribution is -2.32. The van der Waals surface area contributed by atoms with Crippen molar-refractivity contribution in [2.24, 2.45) is 5.73 Å². The second kappa shape index (κ2) is 9.15. The van der Waals surface area contributed by atoms with E-state index >= 15 is 0 Å². The quantitative estimate of drug-likeness (QED) is 0.498. The Kier molecular flexibility index (Phi) is 8.52. The maximum atomic E-state index is 11.1. The smallest absolute Gasteiger partial charge is 0.322 e. The third-order valence-electron chi connectivity index (χ3n) is 2.04. The Bertz CT molecular complexity index is 218. The lowest BCUT2D eigenvalue weighted by molar-refractivity contribution is -0.144. The van der Waals surface area contributed by atoms with E-state index in [1.807, 2.05) is 0 Å². The van der Waals surface area contributed by atoms with Gasteiger partial charge in [0, 0.05) is 6.42 Å². The number of unbranched alkanes of at least 4 members (excludes halogenated alkanes) is 1. The zero-order valence-corrected chi connectivity index (χ0v) is 10.0. The van der Waals surface area contributed by atoms with E-state index in [1.165, 1.54) is 0 Å². The van der Waals surface area contributed by atoms with Crippen molar-refractivity contribution in [2.75, 3.05) is 13.2 Å². The Balaban J connectivity index is 3.51. The predicted molar refractivity (Wildman–Crippen MR) is 59.7 cm³/mol. The van der Waals surface area contributed by atoms with Gasteiger partial charge in [0.2, 0.25) is 0 Å². The molecule has 2 N–H and O–H groups in total. The van der Waals surface area contributed by atoms with Gasteiger partial charge in [0.1, 0.15) is 6.04 Å². The second-order valence-electron chi connectivity index (χ2n) is 3.41. The summed E-state index contributed by atoms with van der Waals surface area (Å²) in [5.41, 5.74) is 5.59. The molecule has 94 valence electrons. The van der Waals surface area contributed by atoms with Crippen molar-refractivity contribution >= 4 is 11.9 Å². The molecular formula is C11H21NO4. The number of ether oxygens (including phenoxy) is 2. The fourth-order valence-electron chi connectivity index (χ4n) is 1.23. The first-order chi connectivity index (χ1) is 7.61. The third kappa shape index (κ3) is 7.23. The zero-order chi connectivity index (χ0) is 12.4. The molecule has 0 aliphatic heterocycles. The summed E-state index contributed by atoms with van der Waals surface area (Å²) in [6.45, 7) is 4.26. The zero-order valence-electron chi connectivity index (χ0n) is 10.0. The van der Waals surface area contributed by atoms with E-state index in [9.17, 15) is 9.59 Å². The minimum atomic E-state index is -0.581. The molecule has 0 spiro atoms. The number of rotatable bonds is 8. The number of nitrogens with two attached hydrogens (primary N) is 1. The molecule has 0 radical (unpaired) electrons. The van der Waals surface area contributed by atoms with E-state index in [-0.39, 0.29) is 11.9 Å². The number of carbonyl (C=O) groups excluding carboxylic acids is 2. The minimum absolute atomic E-state index is 0.202. The SMILES string of the molecule is CCOC(=O)CCCC[C@@H](N)C(=O)OCC. The fourth-order valence-corrected chi connectivity index (χ4v) is 1.23. The second-order valence-corrected chi connectivity index (χ2v) is 3.41. The third-order valence-corrected chi connectivity index (χ3v) is 2.04. The first-order valence-corrected chi connectivity index (χ1v) is 5.69. The van der Waals surface area contributed by atoms with Crippen molar-refractivity contribution in [3.63, 3.8) is 0 Å². The van der Waals surface area contributed by atoms with Gasteiger partial charge in [-0.05, 0) is 26.7 Å².